The summed E-state index contributed by atoms with van der Waals surface area (Å²) in [5.41, 5.74) is 0. The molecule has 64 valence electrons. The van der Waals surface area contributed by atoms with Gasteiger partial charge >= 0.3 is 5.97 Å². The predicted molar refractivity (Wildman–Crippen MR) is 37.9 cm³/mol. The highest BCUT2D eigenvalue weighted by atomic mass is 16.7. The van der Waals surface area contributed by atoms with E-state index in [-0.39, 0.29) is 0 Å². The van der Waals surface area contributed by atoms with Crippen LogP contribution in [0.25, 0.3) is 0 Å². The van der Waals surface area contributed by atoms with Crippen molar-refractivity contribution in [2.24, 2.45) is 0 Å². The van der Waals surface area contributed by atoms with E-state index in [2.05, 4.69) is 4.74 Å². The topological polar surface area (TPSA) is 52.6 Å². The highest BCUT2D eigenvalue weighted by Crippen LogP contribution is 2.09. The molecule has 0 aromatic rings. The molecule has 4 heteroatoms. The van der Waals surface area contributed by atoms with Crippen molar-refractivity contribution in [3.8, 4) is 0 Å². The van der Waals surface area contributed by atoms with Gasteiger partial charge in [-0.25, -0.2) is 4.79 Å². The molecule has 0 bridgehead atoms. The van der Waals surface area contributed by atoms with E-state index in [1.54, 1.807) is 13.8 Å². The SMILES string of the molecule is COC(C)(C)OC(=O)C(C)=O. The number of rotatable bonds is 3. The van der Waals surface area contributed by atoms with Gasteiger partial charge < -0.3 is 9.47 Å². The van der Waals surface area contributed by atoms with Crippen LogP contribution in [0.5, 0.6) is 0 Å². The number of ketones is 1. The third kappa shape index (κ3) is 3.72. The van der Waals surface area contributed by atoms with Gasteiger partial charge in [0.05, 0.1) is 0 Å². The quantitative estimate of drug-likeness (QED) is 0.343. The summed E-state index contributed by atoms with van der Waals surface area (Å²) in [6.45, 7) is 4.25. The molecule has 0 aliphatic heterocycles. The zero-order chi connectivity index (χ0) is 9.07. The van der Waals surface area contributed by atoms with E-state index in [9.17, 15) is 9.59 Å². The van der Waals surface area contributed by atoms with Crippen molar-refractivity contribution < 1.29 is 19.1 Å². The van der Waals surface area contributed by atoms with E-state index in [0.717, 1.165) is 6.92 Å². The van der Waals surface area contributed by atoms with Crippen LogP contribution in [0.15, 0.2) is 0 Å². The molecular weight excluding hydrogens is 148 g/mol. The Hall–Kier alpha value is -0.900. The van der Waals surface area contributed by atoms with Crippen molar-refractivity contribution in [2.45, 2.75) is 26.6 Å². The fraction of sp³-hybridized carbons (Fsp3) is 0.714. The third-order valence-electron chi connectivity index (χ3n) is 1.12. The van der Waals surface area contributed by atoms with Gasteiger partial charge in [0.25, 0.3) is 0 Å². The maximum absolute atomic E-state index is 10.7. The van der Waals surface area contributed by atoms with Crippen molar-refractivity contribution in [3.05, 3.63) is 0 Å². The zero-order valence-electron chi connectivity index (χ0n) is 7.13. The molecule has 0 aromatic carbocycles. The summed E-state index contributed by atoms with van der Waals surface area (Å²) in [5, 5.41) is 0. The standard InChI is InChI=1S/C7H12O4/c1-5(8)6(9)11-7(2,3)10-4/h1-4H3. The minimum absolute atomic E-state index is 0.630. The lowest BCUT2D eigenvalue weighted by Gasteiger charge is -2.21. The fourth-order valence-electron chi connectivity index (χ4n) is 0.337. The molecule has 0 rings (SSSR count). The van der Waals surface area contributed by atoms with Gasteiger partial charge in [-0.1, -0.05) is 0 Å². The van der Waals surface area contributed by atoms with Gasteiger partial charge in [-0.3, -0.25) is 4.79 Å². The number of Topliss-reactive ketones (excluding diaryl/α,β-unsaturated/α-hetero) is 1. The summed E-state index contributed by atoms with van der Waals surface area (Å²) in [6.07, 6.45) is 0. The highest BCUT2D eigenvalue weighted by Gasteiger charge is 2.23. The fourth-order valence-corrected chi connectivity index (χ4v) is 0.337. The Morgan fingerprint density at radius 1 is 1.27 bits per heavy atom. The molecule has 0 spiro atoms. The lowest BCUT2D eigenvalue weighted by molar-refractivity contribution is -0.205. The summed E-state index contributed by atoms with van der Waals surface area (Å²) in [5.74, 6) is -2.53. The molecule has 0 radical (unpaired) electrons. The molecule has 0 aliphatic rings. The van der Waals surface area contributed by atoms with E-state index >= 15 is 0 Å². The van der Waals surface area contributed by atoms with Crippen LogP contribution in [0.1, 0.15) is 20.8 Å². The lowest BCUT2D eigenvalue weighted by atomic mass is 10.3. The van der Waals surface area contributed by atoms with Crippen LogP contribution < -0.4 is 0 Å². The summed E-state index contributed by atoms with van der Waals surface area (Å²) >= 11 is 0. The van der Waals surface area contributed by atoms with Gasteiger partial charge in [-0.15, -0.1) is 0 Å². The Kier molecular flexibility index (Phi) is 3.19. The Morgan fingerprint density at radius 3 is 2.00 bits per heavy atom. The van der Waals surface area contributed by atoms with Crippen LogP contribution in [-0.2, 0) is 19.1 Å². The number of carbonyl (C=O) groups is 2. The van der Waals surface area contributed by atoms with Crippen LogP contribution in [-0.4, -0.2) is 24.6 Å². The number of ether oxygens (including phenoxy) is 2. The zero-order valence-corrected chi connectivity index (χ0v) is 7.13. The monoisotopic (exact) mass is 160 g/mol. The molecule has 0 amide bonds. The number of methoxy groups -OCH3 is 1. The molecule has 0 N–H and O–H groups in total. The number of esters is 1. The van der Waals surface area contributed by atoms with Gasteiger partial charge in [0.2, 0.25) is 11.6 Å². The molecule has 0 unspecified atom stereocenters. The second-order valence-electron chi connectivity index (χ2n) is 2.55. The maximum atomic E-state index is 10.7. The normalized spacial score (nSPS) is 10.9. The van der Waals surface area contributed by atoms with E-state index < -0.39 is 17.5 Å². The lowest BCUT2D eigenvalue weighted by Crippen LogP contribution is -2.32. The minimum atomic E-state index is -1.03. The van der Waals surface area contributed by atoms with Crippen molar-refractivity contribution in [1.82, 2.24) is 0 Å². The number of hydrogen-bond donors (Lipinski definition) is 0. The molecule has 0 aliphatic carbocycles. The average Bonchev–Trinajstić information content (AvgIpc) is 1.87. The highest BCUT2D eigenvalue weighted by molar-refractivity contribution is 6.32. The molecule has 0 aromatic heterocycles. The summed E-state index contributed by atoms with van der Waals surface area (Å²) in [4.78, 5) is 21.1. The first-order valence-electron chi connectivity index (χ1n) is 3.18. The minimum Gasteiger partial charge on any atom is -0.428 e. The molecule has 0 heterocycles. The van der Waals surface area contributed by atoms with E-state index in [1.165, 1.54) is 7.11 Å². The Bertz CT molecular complexity index is 171. The summed E-state index contributed by atoms with van der Waals surface area (Å²) in [6, 6.07) is 0. The van der Waals surface area contributed by atoms with E-state index in [1.807, 2.05) is 0 Å². The first-order chi connectivity index (χ1) is 4.89. The smallest absolute Gasteiger partial charge is 0.376 e. The van der Waals surface area contributed by atoms with Crippen LogP contribution in [0, 0.1) is 0 Å². The molecule has 0 fully saturated rings. The largest absolute Gasteiger partial charge is 0.428 e. The Balaban J connectivity index is 4.04. The van der Waals surface area contributed by atoms with E-state index in [0.29, 0.717) is 0 Å². The third-order valence-corrected chi connectivity index (χ3v) is 1.12. The van der Waals surface area contributed by atoms with Crippen LogP contribution >= 0.6 is 0 Å². The van der Waals surface area contributed by atoms with Gasteiger partial charge in [0.1, 0.15) is 0 Å². The van der Waals surface area contributed by atoms with Crippen LogP contribution in [0.2, 0.25) is 0 Å². The average molecular weight is 160 g/mol. The second-order valence-corrected chi connectivity index (χ2v) is 2.55. The van der Waals surface area contributed by atoms with E-state index in [4.69, 9.17) is 4.74 Å². The first kappa shape index (κ1) is 10.1. The van der Waals surface area contributed by atoms with Crippen molar-refractivity contribution in [1.29, 1.82) is 0 Å². The number of hydrogen-bond acceptors (Lipinski definition) is 4. The predicted octanol–water partition coefficient (Wildman–Crippen LogP) is 0.501. The first-order valence-corrected chi connectivity index (χ1v) is 3.18. The van der Waals surface area contributed by atoms with Crippen molar-refractivity contribution in [3.63, 3.8) is 0 Å². The molecule has 0 saturated carbocycles. The molecule has 4 nitrogen and oxygen atoms in total. The summed E-state index contributed by atoms with van der Waals surface area (Å²) < 4.78 is 9.40. The van der Waals surface area contributed by atoms with Gasteiger partial charge in [0.15, 0.2) is 0 Å². The molecule has 0 atom stereocenters. The number of carbonyl (C=O) groups excluding carboxylic acids is 2. The van der Waals surface area contributed by atoms with Gasteiger partial charge in [-0.05, 0) is 0 Å². The maximum Gasteiger partial charge on any atom is 0.376 e. The van der Waals surface area contributed by atoms with Gasteiger partial charge in [0, 0.05) is 27.9 Å². The second kappa shape index (κ2) is 3.48. The van der Waals surface area contributed by atoms with Crippen LogP contribution in [0.3, 0.4) is 0 Å². The Labute approximate surface area is 65.5 Å². The van der Waals surface area contributed by atoms with Crippen molar-refractivity contribution >= 4 is 11.8 Å². The van der Waals surface area contributed by atoms with Crippen molar-refractivity contribution in [2.75, 3.05) is 7.11 Å². The summed E-state index contributed by atoms with van der Waals surface area (Å²) in [7, 11) is 1.40. The molecule has 0 saturated heterocycles. The Morgan fingerprint density at radius 2 is 1.73 bits per heavy atom. The van der Waals surface area contributed by atoms with Crippen LogP contribution in [0.4, 0.5) is 0 Å². The van der Waals surface area contributed by atoms with Gasteiger partial charge in [-0.2, -0.15) is 0 Å². The molecular formula is C7H12O4. The molecule has 11 heavy (non-hydrogen) atoms.